The van der Waals surface area contributed by atoms with Crippen LogP contribution in [0, 0.1) is 17.8 Å². The molecule has 1 fully saturated rings. The Hall–Kier alpha value is -0.300. The van der Waals surface area contributed by atoms with Gasteiger partial charge in [-0.3, -0.25) is 0 Å². The zero-order valence-corrected chi connectivity index (χ0v) is 9.96. The molecule has 3 atom stereocenters. The van der Waals surface area contributed by atoms with Crippen LogP contribution in [0.4, 0.5) is 0 Å². The van der Waals surface area contributed by atoms with E-state index < -0.39 is 0 Å². The summed E-state index contributed by atoms with van der Waals surface area (Å²) in [6, 6.07) is 0. The summed E-state index contributed by atoms with van der Waals surface area (Å²) in [6.07, 6.45) is 5.63. The van der Waals surface area contributed by atoms with E-state index in [9.17, 15) is 5.11 Å². The lowest BCUT2D eigenvalue weighted by atomic mass is 9.73. The summed E-state index contributed by atoms with van der Waals surface area (Å²) < 4.78 is 0. The lowest BCUT2D eigenvalue weighted by molar-refractivity contribution is 0.235. The molecule has 1 aliphatic carbocycles. The predicted octanol–water partition coefficient (Wildman–Crippen LogP) is 3.39. The third kappa shape index (κ3) is 3.13. The first-order chi connectivity index (χ1) is 6.50. The van der Waals surface area contributed by atoms with Crippen LogP contribution in [0.25, 0.3) is 0 Å². The molecule has 1 N–H and O–H groups in total. The summed E-state index contributed by atoms with van der Waals surface area (Å²) in [4.78, 5) is 0. The van der Waals surface area contributed by atoms with Gasteiger partial charge in [-0.1, -0.05) is 32.4 Å². The molecule has 0 radical (unpaired) electrons. The maximum Gasteiger partial charge on any atom is 0.0695 e. The molecule has 0 aromatic heterocycles. The number of hydrogen-bond donors (Lipinski definition) is 1. The van der Waals surface area contributed by atoms with Crippen molar-refractivity contribution in [1.82, 2.24) is 0 Å². The second-order valence-electron chi connectivity index (χ2n) is 5.22. The van der Waals surface area contributed by atoms with Crippen molar-refractivity contribution in [3.8, 4) is 0 Å². The van der Waals surface area contributed by atoms with Crippen LogP contribution in [0.5, 0.6) is 0 Å². The van der Waals surface area contributed by atoms with Crippen LogP contribution < -0.4 is 0 Å². The van der Waals surface area contributed by atoms with Gasteiger partial charge < -0.3 is 5.11 Å². The molecule has 82 valence electrons. The minimum atomic E-state index is -0.281. The number of aliphatic hydroxyl groups is 1. The van der Waals surface area contributed by atoms with Crippen LogP contribution in [0.1, 0.15) is 47.0 Å². The maximum absolute atomic E-state index is 9.41. The molecule has 1 saturated carbocycles. The highest BCUT2D eigenvalue weighted by atomic mass is 16.3. The number of aliphatic hydroxyl groups excluding tert-OH is 1. The molecule has 0 aromatic rings. The van der Waals surface area contributed by atoms with Gasteiger partial charge in [0, 0.05) is 0 Å². The third-order valence-electron chi connectivity index (χ3n) is 3.29. The van der Waals surface area contributed by atoms with Crippen LogP contribution >= 0.6 is 0 Å². The molecule has 0 aromatic carbocycles. The Kier molecular flexibility index (Phi) is 4.18. The van der Waals surface area contributed by atoms with Crippen LogP contribution in [0.2, 0.25) is 0 Å². The standard InChI is InChI=1S/C13H24O/c1-9(2)13-6-5-10(3)7-12(13)8-11(4)14/h8-11,13-14H,5-7H2,1-4H3. The molecule has 3 unspecified atom stereocenters. The quantitative estimate of drug-likeness (QED) is 0.671. The molecule has 0 spiro atoms. The average molecular weight is 196 g/mol. The first kappa shape index (κ1) is 11.8. The topological polar surface area (TPSA) is 20.2 Å². The number of hydrogen-bond acceptors (Lipinski definition) is 1. The second kappa shape index (κ2) is 4.97. The summed E-state index contributed by atoms with van der Waals surface area (Å²) in [5.41, 5.74) is 1.49. The zero-order valence-electron chi connectivity index (χ0n) is 9.96. The predicted molar refractivity (Wildman–Crippen MR) is 61.1 cm³/mol. The van der Waals surface area contributed by atoms with E-state index in [0.717, 1.165) is 5.92 Å². The van der Waals surface area contributed by atoms with E-state index in [2.05, 4.69) is 26.8 Å². The molecule has 14 heavy (non-hydrogen) atoms. The van der Waals surface area contributed by atoms with Crippen molar-refractivity contribution >= 4 is 0 Å². The average Bonchev–Trinajstić information content (AvgIpc) is 2.01. The summed E-state index contributed by atoms with van der Waals surface area (Å²) in [7, 11) is 0. The minimum absolute atomic E-state index is 0.281. The third-order valence-corrected chi connectivity index (χ3v) is 3.29. The van der Waals surface area contributed by atoms with Crippen LogP contribution in [-0.4, -0.2) is 11.2 Å². The minimum Gasteiger partial charge on any atom is -0.389 e. The van der Waals surface area contributed by atoms with Crippen molar-refractivity contribution in [2.45, 2.75) is 53.1 Å². The van der Waals surface area contributed by atoms with Crippen molar-refractivity contribution in [1.29, 1.82) is 0 Å². The van der Waals surface area contributed by atoms with Gasteiger partial charge in [-0.15, -0.1) is 0 Å². The summed E-state index contributed by atoms with van der Waals surface area (Å²) >= 11 is 0. The second-order valence-corrected chi connectivity index (χ2v) is 5.22. The lowest BCUT2D eigenvalue weighted by Gasteiger charge is -2.32. The summed E-state index contributed by atoms with van der Waals surface area (Å²) in [6.45, 7) is 8.74. The van der Waals surface area contributed by atoms with Crippen molar-refractivity contribution in [3.63, 3.8) is 0 Å². The molecule has 1 nitrogen and oxygen atoms in total. The van der Waals surface area contributed by atoms with Gasteiger partial charge in [-0.2, -0.15) is 0 Å². The normalized spacial score (nSPS) is 33.7. The SMILES string of the molecule is CC(O)C=C1CC(C)CCC1C(C)C. The fourth-order valence-electron chi connectivity index (χ4n) is 2.57. The monoisotopic (exact) mass is 196 g/mol. The number of rotatable bonds is 2. The Morgan fingerprint density at radius 2 is 1.93 bits per heavy atom. The van der Waals surface area contributed by atoms with Crippen molar-refractivity contribution in [3.05, 3.63) is 11.6 Å². The first-order valence-electron chi connectivity index (χ1n) is 5.89. The van der Waals surface area contributed by atoms with Gasteiger partial charge in [-0.05, 0) is 43.9 Å². The Bertz CT molecular complexity index is 203. The molecule has 1 heteroatoms. The first-order valence-corrected chi connectivity index (χ1v) is 5.89. The molecular weight excluding hydrogens is 172 g/mol. The van der Waals surface area contributed by atoms with Gasteiger partial charge in [0.25, 0.3) is 0 Å². The molecule has 0 saturated heterocycles. The van der Waals surface area contributed by atoms with E-state index in [1.54, 1.807) is 0 Å². The molecule has 0 amide bonds. The van der Waals surface area contributed by atoms with Crippen LogP contribution in [0.3, 0.4) is 0 Å². The summed E-state index contributed by atoms with van der Waals surface area (Å²) in [5.74, 6) is 2.23. The van der Waals surface area contributed by atoms with Crippen molar-refractivity contribution < 1.29 is 5.11 Å². The fourth-order valence-corrected chi connectivity index (χ4v) is 2.57. The maximum atomic E-state index is 9.41. The van der Waals surface area contributed by atoms with Gasteiger partial charge >= 0.3 is 0 Å². The Morgan fingerprint density at radius 3 is 2.43 bits per heavy atom. The van der Waals surface area contributed by atoms with E-state index in [-0.39, 0.29) is 6.10 Å². The van der Waals surface area contributed by atoms with Crippen LogP contribution in [-0.2, 0) is 0 Å². The lowest BCUT2D eigenvalue weighted by Crippen LogP contribution is -2.21. The molecule has 1 rings (SSSR count). The Morgan fingerprint density at radius 1 is 1.29 bits per heavy atom. The van der Waals surface area contributed by atoms with Gasteiger partial charge in [0.1, 0.15) is 0 Å². The van der Waals surface area contributed by atoms with Gasteiger partial charge in [0.05, 0.1) is 6.10 Å². The van der Waals surface area contributed by atoms with E-state index >= 15 is 0 Å². The zero-order chi connectivity index (χ0) is 10.7. The summed E-state index contributed by atoms with van der Waals surface area (Å²) in [5, 5.41) is 9.41. The van der Waals surface area contributed by atoms with E-state index in [1.165, 1.54) is 24.8 Å². The largest absolute Gasteiger partial charge is 0.389 e. The molecule has 0 aliphatic heterocycles. The van der Waals surface area contributed by atoms with E-state index in [1.807, 2.05) is 6.92 Å². The Balaban J connectivity index is 2.73. The van der Waals surface area contributed by atoms with Gasteiger partial charge in [0.2, 0.25) is 0 Å². The highest BCUT2D eigenvalue weighted by Gasteiger charge is 2.25. The fraction of sp³-hybridized carbons (Fsp3) is 0.846. The molecule has 1 aliphatic rings. The number of allylic oxidation sites excluding steroid dienone is 1. The van der Waals surface area contributed by atoms with Crippen molar-refractivity contribution in [2.24, 2.45) is 17.8 Å². The van der Waals surface area contributed by atoms with Crippen LogP contribution in [0.15, 0.2) is 11.6 Å². The Labute approximate surface area is 88.2 Å². The van der Waals surface area contributed by atoms with Crippen molar-refractivity contribution in [2.75, 3.05) is 0 Å². The van der Waals surface area contributed by atoms with Gasteiger partial charge in [-0.25, -0.2) is 0 Å². The molecular formula is C13H24O. The molecule has 0 heterocycles. The highest BCUT2D eigenvalue weighted by Crippen LogP contribution is 2.37. The molecule has 0 bridgehead atoms. The van der Waals surface area contributed by atoms with Gasteiger partial charge in [0.15, 0.2) is 0 Å². The highest BCUT2D eigenvalue weighted by molar-refractivity contribution is 5.12. The van der Waals surface area contributed by atoms with E-state index in [4.69, 9.17) is 0 Å². The van der Waals surface area contributed by atoms with E-state index in [0.29, 0.717) is 11.8 Å². The smallest absolute Gasteiger partial charge is 0.0695 e.